The number of thiophene rings is 1. The molecular formula is C31H26Cl2F3N7O3S. The highest BCUT2D eigenvalue weighted by atomic mass is 35.5. The molecule has 4 aromatic rings. The summed E-state index contributed by atoms with van der Waals surface area (Å²) in [5.74, 6) is 5.11. The fraction of sp³-hybridized carbons (Fsp3) is 0.226. The number of nitrogens with zero attached hydrogens (tertiary/aromatic N) is 4. The zero-order valence-corrected chi connectivity index (χ0v) is 26.7. The van der Waals surface area contributed by atoms with Gasteiger partial charge in [-0.2, -0.15) is 18.3 Å². The minimum atomic E-state index is -4.45. The molecule has 10 nitrogen and oxygen atoms in total. The summed E-state index contributed by atoms with van der Waals surface area (Å²) in [6.07, 6.45) is -0.955. The Morgan fingerprint density at radius 3 is 2.47 bits per heavy atom. The molecule has 0 spiro atoms. The van der Waals surface area contributed by atoms with E-state index in [1.54, 1.807) is 24.3 Å². The molecule has 2 aromatic carbocycles. The summed E-state index contributed by atoms with van der Waals surface area (Å²) in [6, 6.07) is 12.8. The number of rotatable bonds is 8. The number of aromatic nitrogens is 2. The molecule has 0 saturated carbocycles. The van der Waals surface area contributed by atoms with Crippen molar-refractivity contribution in [3.8, 4) is 28.1 Å². The number of alkyl halides is 3. The molecule has 0 radical (unpaired) electrons. The van der Waals surface area contributed by atoms with Crippen molar-refractivity contribution in [2.75, 3.05) is 13.1 Å². The lowest BCUT2D eigenvalue weighted by atomic mass is 10.1. The topological polar surface area (TPSA) is 131 Å². The first-order chi connectivity index (χ1) is 22.4. The van der Waals surface area contributed by atoms with E-state index in [0.29, 0.717) is 56.6 Å². The van der Waals surface area contributed by atoms with Crippen molar-refractivity contribution < 1.29 is 22.9 Å². The van der Waals surface area contributed by atoms with Gasteiger partial charge in [0.25, 0.3) is 12.1 Å². The van der Waals surface area contributed by atoms with Crippen LogP contribution < -0.4 is 16.5 Å². The van der Waals surface area contributed by atoms with Gasteiger partial charge >= 0.3 is 6.18 Å². The molecule has 1 fully saturated rings. The molecule has 2 aromatic heterocycles. The summed E-state index contributed by atoms with van der Waals surface area (Å²) in [6.45, 7) is 1.21. The third kappa shape index (κ3) is 8.44. The van der Waals surface area contributed by atoms with E-state index in [1.165, 1.54) is 34.2 Å². The van der Waals surface area contributed by atoms with Crippen LogP contribution in [0.15, 0.2) is 66.6 Å². The van der Waals surface area contributed by atoms with E-state index in [-0.39, 0.29) is 23.1 Å². The Bertz CT molecular complexity index is 1890. The van der Waals surface area contributed by atoms with Crippen molar-refractivity contribution in [2.45, 2.75) is 32.0 Å². The maximum atomic E-state index is 13.7. The fourth-order valence-corrected chi connectivity index (χ4v) is 6.25. The average Bonchev–Trinajstić information content (AvgIpc) is 3.63. The number of nitrogens with one attached hydrogen (secondary N) is 2. The maximum absolute atomic E-state index is 13.7. The van der Waals surface area contributed by atoms with Crippen LogP contribution in [0.4, 0.5) is 13.2 Å². The third-order valence-corrected chi connectivity index (χ3v) is 8.59. The lowest BCUT2D eigenvalue weighted by Gasteiger charge is -2.26. The quantitative estimate of drug-likeness (QED) is 0.107. The molecule has 0 atom stereocenters. The molecule has 16 heteroatoms. The standard InChI is InChI=1S/C31H26Cl2F3N7O3S/c32-21-9-12-25(24(33)16-21)43-29(26-13-11-22(47-26)10-6-19-4-7-20(8-5-19)31(34,35)36)23(17-38-27(37)18-42(45)46)28(39-43)30(44)40-41-14-2-1-3-15-41/h4-5,7-9,11-13,16,18,38H,1-3,14-15,17,37H2,(H,40,44). The number of hydrogen-bond donors (Lipinski definition) is 3. The highest BCUT2D eigenvalue weighted by Crippen LogP contribution is 2.37. The molecule has 0 aliphatic carbocycles. The Kier molecular flexibility index (Phi) is 10.4. The van der Waals surface area contributed by atoms with Crippen LogP contribution in [0, 0.1) is 22.0 Å². The van der Waals surface area contributed by atoms with Gasteiger partial charge in [-0.1, -0.05) is 41.5 Å². The number of benzene rings is 2. The van der Waals surface area contributed by atoms with E-state index < -0.39 is 22.6 Å². The van der Waals surface area contributed by atoms with E-state index in [4.69, 9.17) is 28.9 Å². The van der Waals surface area contributed by atoms with Crippen molar-refractivity contribution in [3.05, 3.63) is 114 Å². The number of amides is 1. The van der Waals surface area contributed by atoms with Crippen molar-refractivity contribution in [1.82, 2.24) is 25.5 Å². The minimum absolute atomic E-state index is 0.0313. The summed E-state index contributed by atoms with van der Waals surface area (Å²) in [5, 5.41) is 20.9. The Labute approximate surface area is 281 Å². The average molecular weight is 705 g/mol. The Morgan fingerprint density at radius 1 is 1.09 bits per heavy atom. The number of hydrogen-bond acceptors (Lipinski definition) is 8. The zero-order chi connectivity index (χ0) is 33.7. The molecule has 1 aliphatic rings. The number of nitrogens with two attached hydrogens (primary N) is 1. The number of hydrazine groups is 1. The first-order valence-electron chi connectivity index (χ1n) is 14.2. The molecule has 1 amide bonds. The van der Waals surface area contributed by atoms with Crippen molar-refractivity contribution in [1.29, 1.82) is 0 Å². The van der Waals surface area contributed by atoms with Gasteiger partial charge in [-0.3, -0.25) is 20.3 Å². The lowest BCUT2D eigenvalue weighted by Crippen LogP contribution is -2.45. The molecule has 0 unspecified atom stereocenters. The second-order valence-corrected chi connectivity index (χ2v) is 12.3. The number of carbonyl (C=O) groups is 1. The molecular weight excluding hydrogens is 678 g/mol. The number of halogens is 5. The number of piperidine rings is 1. The van der Waals surface area contributed by atoms with Gasteiger partial charge in [-0.05, 0) is 67.4 Å². The highest BCUT2D eigenvalue weighted by molar-refractivity contribution is 7.16. The van der Waals surface area contributed by atoms with Gasteiger partial charge in [0.05, 0.1) is 36.6 Å². The van der Waals surface area contributed by atoms with Crippen LogP contribution in [0.5, 0.6) is 0 Å². The van der Waals surface area contributed by atoms with E-state index in [0.717, 1.165) is 31.4 Å². The summed E-state index contributed by atoms with van der Waals surface area (Å²) >= 11 is 14.0. The SMILES string of the molecule is NC(=C[N+](=O)[O-])NCc1c(C(=O)NN2CCCCC2)nn(-c2ccc(Cl)cc2Cl)c1-c1ccc(C#Cc2ccc(C(F)(F)F)cc2)s1. The lowest BCUT2D eigenvalue weighted by molar-refractivity contribution is -0.403. The molecule has 1 aliphatic heterocycles. The predicted octanol–water partition coefficient (Wildman–Crippen LogP) is 6.58. The summed E-state index contributed by atoms with van der Waals surface area (Å²) < 4.78 is 40.4. The van der Waals surface area contributed by atoms with Crippen LogP contribution in [0.1, 0.15) is 51.3 Å². The summed E-state index contributed by atoms with van der Waals surface area (Å²) in [7, 11) is 0. The van der Waals surface area contributed by atoms with Gasteiger partial charge in [-0.15, -0.1) is 11.3 Å². The number of nitro groups is 1. The maximum Gasteiger partial charge on any atom is 0.416 e. The van der Waals surface area contributed by atoms with E-state index in [2.05, 4.69) is 27.7 Å². The first kappa shape index (κ1) is 33.8. The second-order valence-electron chi connectivity index (χ2n) is 10.4. The van der Waals surface area contributed by atoms with Crippen LogP contribution in [0.25, 0.3) is 16.3 Å². The van der Waals surface area contributed by atoms with Gasteiger partial charge < -0.3 is 11.1 Å². The van der Waals surface area contributed by atoms with Gasteiger partial charge in [0.2, 0.25) is 0 Å². The van der Waals surface area contributed by atoms with Gasteiger partial charge in [0.1, 0.15) is 0 Å². The van der Waals surface area contributed by atoms with Crippen LogP contribution in [-0.2, 0) is 12.7 Å². The van der Waals surface area contributed by atoms with Gasteiger partial charge in [0.15, 0.2) is 11.5 Å². The monoisotopic (exact) mass is 703 g/mol. The highest BCUT2D eigenvalue weighted by Gasteiger charge is 2.30. The van der Waals surface area contributed by atoms with Crippen LogP contribution in [0.3, 0.4) is 0 Å². The van der Waals surface area contributed by atoms with Crippen LogP contribution in [-0.4, -0.2) is 38.7 Å². The molecule has 0 bridgehead atoms. The van der Waals surface area contributed by atoms with E-state index >= 15 is 0 Å². The zero-order valence-electron chi connectivity index (χ0n) is 24.4. The summed E-state index contributed by atoms with van der Waals surface area (Å²) in [4.78, 5) is 25.2. The second kappa shape index (κ2) is 14.5. The number of carbonyl (C=O) groups excluding carboxylic acids is 1. The predicted molar refractivity (Wildman–Crippen MR) is 173 cm³/mol. The van der Waals surface area contributed by atoms with Crippen LogP contribution >= 0.6 is 34.5 Å². The van der Waals surface area contributed by atoms with Gasteiger partial charge in [-0.25, -0.2) is 9.69 Å². The van der Waals surface area contributed by atoms with E-state index in [9.17, 15) is 28.1 Å². The smallest absolute Gasteiger partial charge is 0.380 e. The largest absolute Gasteiger partial charge is 0.416 e. The minimum Gasteiger partial charge on any atom is -0.380 e. The summed E-state index contributed by atoms with van der Waals surface area (Å²) in [5.41, 5.74) is 9.61. The molecule has 5 rings (SSSR count). The Balaban J connectivity index is 1.60. The Hall–Kier alpha value is -4.55. The molecule has 1 saturated heterocycles. The molecule has 244 valence electrons. The van der Waals surface area contributed by atoms with E-state index in [1.807, 2.05) is 5.01 Å². The first-order valence-corrected chi connectivity index (χ1v) is 15.7. The van der Waals surface area contributed by atoms with Crippen molar-refractivity contribution >= 4 is 40.4 Å². The molecule has 3 heterocycles. The fourth-order valence-electron chi connectivity index (χ4n) is 4.84. The van der Waals surface area contributed by atoms with Crippen molar-refractivity contribution in [3.63, 3.8) is 0 Å². The normalized spacial score (nSPS) is 13.9. The molecule has 4 N–H and O–H groups in total. The Morgan fingerprint density at radius 2 is 1.81 bits per heavy atom. The van der Waals surface area contributed by atoms with Crippen LogP contribution in [0.2, 0.25) is 10.0 Å². The molecule has 47 heavy (non-hydrogen) atoms. The third-order valence-electron chi connectivity index (χ3n) is 7.05. The van der Waals surface area contributed by atoms with Gasteiger partial charge in [0, 0.05) is 35.8 Å². The van der Waals surface area contributed by atoms with Crippen molar-refractivity contribution in [2.24, 2.45) is 5.73 Å².